The normalized spacial score (nSPS) is 18.2. The molecule has 0 aromatic heterocycles. The maximum Gasteiger partial charge on any atom is 0.321 e. The number of nitrogens with two attached hydrogens (primary N) is 1. The number of piperidine rings is 1. The van der Waals surface area contributed by atoms with Crippen LogP contribution in [0.15, 0.2) is 30.3 Å². The molecule has 1 fully saturated rings. The Morgan fingerprint density at radius 1 is 1.33 bits per heavy atom. The van der Waals surface area contributed by atoms with Crippen LogP contribution in [0.3, 0.4) is 0 Å². The topological polar surface area (TPSA) is 87.5 Å². The summed E-state index contributed by atoms with van der Waals surface area (Å²) in [6.07, 6.45) is 2.42. The summed E-state index contributed by atoms with van der Waals surface area (Å²) >= 11 is 0. The number of urea groups is 1. The van der Waals surface area contributed by atoms with Crippen molar-refractivity contribution in [3.63, 3.8) is 0 Å². The van der Waals surface area contributed by atoms with Crippen LogP contribution in [0.2, 0.25) is 0 Å². The van der Waals surface area contributed by atoms with Gasteiger partial charge in [-0.05, 0) is 38.3 Å². The number of hydrogen-bond acceptors (Lipinski definition) is 3. The third-order valence-corrected chi connectivity index (χ3v) is 4.00. The number of halogens is 1. The Bertz CT molecular complexity index is 525. The van der Waals surface area contributed by atoms with Gasteiger partial charge >= 0.3 is 6.03 Å². The van der Waals surface area contributed by atoms with Crippen LogP contribution in [0.5, 0.6) is 0 Å². The Morgan fingerprint density at radius 2 is 2.04 bits per heavy atom. The van der Waals surface area contributed by atoms with E-state index in [1.54, 1.807) is 4.90 Å². The van der Waals surface area contributed by atoms with Gasteiger partial charge in [0.2, 0.25) is 5.91 Å². The summed E-state index contributed by atoms with van der Waals surface area (Å²) < 4.78 is 0. The minimum Gasteiger partial charge on any atom is -0.356 e. The number of carbonyl (C=O) groups is 2. The molecule has 0 spiro atoms. The highest BCUT2D eigenvalue weighted by Crippen LogP contribution is 2.18. The van der Waals surface area contributed by atoms with Gasteiger partial charge in [-0.3, -0.25) is 4.79 Å². The minimum atomic E-state index is -0.149. The van der Waals surface area contributed by atoms with Crippen molar-refractivity contribution in [2.75, 3.05) is 25.0 Å². The number of anilines is 1. The number of nitrogens with zero attached hydrogens (tertiary/aromatic N) is 1. The third kappa shape index (κ3) is 6.37. The lowest BCUT2D eigenvalue weighted by Crippen LogP contribution is -2.47. The molecule has 2 atom stereocenters. The van der Waals surface area contributed by atoms with Gasteiger partial charge in [0.15, 0.2) is 0 Å². The Kier molecular flexibility index (Phi) is 8.57. The quantitative estimate of drug-likeness (QED) is 0.757. The van der Waals surface area contributed by atoms with Crippen molar-refractivity contribution in [1.82, 2.24) is 10.2 Å². The van der Waals surface area contributed by atoms with E-state index in [0.717, 1.165) is 24.9 Å². The highest BCUT2D eigenvalue weighted by atomic mass is 35.5. The van der Waals surface area contributed by atoms with Crippen LogP contribution in [0, 0.1) is 5.92 Å². The van der Waals surface area contributed by atoms with Gasteiger partial charge in [-0.2, -0.15) is 0 Å². The number of amides is 3. The second-order valence-corrected chi connectivity index (χ2v) is 6.14. The first kappa shape index (κ1) is 20.3. The second kappa shape index (κ2) is 10.2. The Labute approximate surface area is 149 Å². The van der Waals surface area contributed by atoms with E-state index < -0.39 is 0 Å². The van der Waals surface area contributed by atoms with E-state index in [4.69, 9.17) is 5.73 Å². The van der Waals surface area contributed by atoms with E-state index in [9.17, 15) is 9.59 Å². The fourth-order valence-electron chi connectivity index (χ4n) is 2.67. The number of carbonyl (C=O) groups excluding carboxylic acids is 2. The zero-order valence-corrected chi connectivity index (χ0v) is 14.8. The van der Waals surface area contributed by atoms with E-state index in [-0.39, 0.29) is 36.3 Å². The molecule has 0 aliphatic carbocycles. The molecule has 24 heavy (non-hydrogen) atoms. The molecule has 0 bridgehead atoms. The summed E-state index contributed by atoms with van der Waals surface area (Å²) in [6, 6.07) is 9.28. The number of rotatable bonds is 5. The standard InChI is InChI=1S/C17H26N4O2.ClH/c1-13(18)9-10-19-16(22)14-6-5-11-21(12-14)17(23)20-15-7-3-2-4-8-15;/h2-4,7-8,13-14H,5-6,9-12,18H2,1H3,(H,19,22)(H,20,23);1H. The molecular formula is C17H27ClN4O2. The van der Waals surface area contributed by atoms with Crippen LogP contribution in [0.25, 0.3) is 0 Å². The van der Waals surface area contributed by atoms with E-state index in [1.165, 1.54) is 0 Å². The molecule has 1 aliphatic heterocycles. The summed E-state index contributed by atoms with van der Waals surface area (Å²) in [7, 11) is 0. The van der Waals surface area contributed by atoms with Crippen LogP contribution in [-0.4, -0.2) is 42.5 Å². The van der Waals surface area contributed by atoms with Gasteiger partial charge in [-0.25, -0.2) is 4.79 Å². The highest BCUT2D eigenvalue weighted by Gasteiger charge is 2.28. The Morgan fingerprint density at radius 3 is 2.71 bits per heavy atom. The number of nitrogens with one attached hydrogen (secondary N) is 2. The summed E-state index contributed by atoms with van der Waals surface area (Å²) in [6.45, 7) is 3.65. The zero-order valence-electron chi connectivity index (χ0n) is 14.0. The molecule has 134 valence electrons. The van der Waals surface area contributed by atoms with Gasteiger partial charge < -0.3 is 21.3 Å². The van der Waals surface area contributed by atoms with Gasteiger partial charge in [0.05, 0.1) is 5.92 Å². The number of likely N-dealkylation sites (tertiary alicyclic amines) is 1. The molecule has 1 saturated heterocycles. The van der Waals surface area contributed by atoms with E-state index in [0.29, 0.717) is 19.6 Å². The van der Waals surface area contributed by atoms with Crippen LogP contribution in [0.1, 0.15) is 26.2 Å². The summed E-state index contributed by atoms with van der Waals surface area (Å²) in [5.74, 6) is -0.124. The summed E-state index contributed by atoms with van der Waals surface area (Å²) in [4.78, 5) is 26.2. The maximum absolute atomic E-state index is 12.3. The van der Waals surface area contributed by atoms with Crippen LogP contribution >= 0.6 is 12.4 Å². The van der Waals surface area contributed by atoms with E-state index in [2.05, 4.69) is 10.6 Å². The molecule has 1 aromatic rings. The third-order valence-electron chi connectivity index (χ3n) is 4.00. The fraction of sp³-hybridized carbons (Fsp3) is 0.529. The van der Waals surface area contributed by atoms with Crippen LogP contribution in [-0.2, 0) is 4.79 Å². The lowest BCUT2D eigenvalue weighted by molar-refractivity contribution is -0.126. The molecule has 0 saturated carbocycles. The zero-order chi connectivity index (χ0) is 16.7. The molecule has 3 amide bonds. The molecule has 6 nitrogen and oxygen atoms in total. The molecule has 0 radical (unpaired) electrons. The van der Waals surface area contributed by atoms with Crippen LogP contribution in [0.4, 0.5) is 10.5 Å². The molecular weight excluding hydrogens is 328 g/mol. The molecule has 4 N–H and O–H groups in total. The predicted octanol–water partition coefficient (Wildman–Crippen LogP) is 2.21. The molecule has 2 rings (SSSR count). The van der Waals surface area contributed by atoms with Crippen molar-refractivity contribution in [3.8, 4) is 0 Å². The van der Waals surface area contributed by atoms with Crippen molar-refractivity contribution in [1.29, 1.82) is 0 Å². The first-order valence-corrected chi connectivity index (χ1v) is 8.20. The average molecular weight is 355 g/mol. The van der Waals surface area contributed by atoms with Crippen molar-refractivity contribution in [2.24, 2.45) is 11.7 Å². The first-order chi connectivity index (χ1) is 11.1. The summed E-state index contributed by atoms with van der Waals surface area (Å²) in [5, 5.41) is 5.78. The SMILES string of the molecule is CC(N)CCNC(=O)C1CCCN(C(=O)Nc2ccccc2)C1.Cl. The number of benzene rings is 1. The second-order valence-electron chi connectivity index (χ2n) is 6.14. The van der Waals surface area contributed by atoms with Crippen molar-refractivity contribution in [2.45, 2.75) is 32.2 Å². The van der Waals surface area contributed by atoms with E-state index >= 15 is 0 Å². The summed E-state index contributed by atoms with van der Waals surface area (Å²) in [5.41, 5.74) is 6.44. The van der Waals surface area contributed by atoms with Gasteiger partial charge in [0.25, 0.3) is 0 Å². The van der Waals surface area contributed by atoms with Crippen LogP contribution < -0.4 is 16.4 Å². The predicted molar refractivity (Wildman–Crippen MR) is 98.3 cm³/mol. The van der Waals surface area contributed by atoms with Crippen molar-refractivity contribution in [3.05, 3.63) is 30.3 Å². The van der Waals surface area contributed by atoms with E-state index in [1.807, 2.05) is 37.3 Å². The molecule has 2 unspecified atom stereocenters. The molecule has 1 heterocycles. The highest BCUT2D eigenvalue weighted by molar-refractivity contribution is 5.90. The molecule has 1 aromatic carbocycles. The van der Waals surface area contributed by atoms with Gasteiger partial charge in [0.1, 0.15) is 0 Å². The molecule has 7 heteroatoms. The Balaban J connectivity index is 0.00000288. The number of hydrogen-bond donors (Lipinski definition) is 3. The first-order valence-electron chi connectivity index (χ1n) is 8.20. The fourth-order valence-corrected chi connectivity index (χ4v) is 2.67. The minimum absolute atomic E-state index is 0. The monoisotopic (exact) mass is 354 g/mol. The largest absolute Gasteiger partial charge is 0.356 e. The van der Waals surface area contributed by atoms with Crippen molar-refractivity contribution < 1.29 is 9.59 Å². The van der Waals surface area contributed by atoms with Gasteiger partial charge in [-0.15, -0.1) is 12.4 Å². The van der Waals surface area contributed by atoms with Crippen molar-refractivity contribution >= 4 is 30.0 Å². The smallest absolute Gasteiger partial charge is 0.321 e. The van der Waals surface area contributed by atoms with Gasteiger partial charge in [-0.1, -0.05) is 18.2 Å². The lowest BCUT2D eigenvalue weighted by Gasteiger charge is -2.32. The number of para-hydroxylation sites is 1. The Hall–Kier alpha value is -1.79. The van der Waals surface area contributed by atoms with Gasteiger partial charge in [0, 0.05) is 31.4 Å². The lowest BCUT2D eigenvalue weighted by atomic mass is 9.97. The maximum atomic E-state index is 12.3. The molecule has 1 aliphatic rings. The average Bonchev–Trinajstić information content (AvgIpc) is 2.55.